The van der Waals surface area contributed by atoms with Crippen LogP contribution in [0.25, 0.3) is 0 Å². The van der Waals surface area contributed by atoms with Gasteiger partial charge in [-0.2, -0.15) is 0 Å². The van der Waals surface area contributed by atoms with Crippen molar-refractivity contribution in [3.63, 3.8) is 0 Å². The average molecular weight is 861 g/mol. The van der Waals surface area contributed by atoms with Crippen molar-refractivity contribution in [3.05, 3.63) is 179 Å². The molecule has 12 heteroatoms. The normalized spacial score (nSPS) is 8.51. The smallest absolute Gasteiger partial charge is 0.545 e. The summed E-state index contributed by atoms with van der Waals surface area (Å²) < 4.78 is 0. The zero-order chi connectivity index (χ0) is 33.5. The summed E-state index contributed by atoms with van der Waals surface area (Å²) in [7, 11) is 0. The van der Waals surface area contributed by atoms with Gasteiger partial charge in [0.15, 0.2) is 0 Å². The van der Waals surface area contributed by atoms with Gasteiger partial charge in [0, 0.05) is 0 Å². The second-order valence-electron chi connectivity index (χ2n) is 8.27. The van der Waals surface area contributed by atoms with Gasteiger partial charge in [-0.15, -0.1) is 0 Å². The van der Waals surface area contributed by atoms with Crippen LogP contribution >= 0.6 is 0 Å². The maximum atomic E-state index is 10.1. The molecule has 5 rings (SSSR count). The minimum absolute atomic E-state index is 0. The van der Waals surface area contributed by atoms with Gasteiger partial charge in [-0.1, -0.05) is 152 Å². The van der Waals surface area contributed by atoms with Crippen molar-refractivity contribution in [3.8, 4) is 0 Å². The van der Waals surface area contributed by atoms with Crippen LogP contribution in [0.1, 0.15) is 51.8 Å². The van der Waals surface area contributed by atoms with Crippen LogP contribution in [0.5, 0.6) is 0 Å². The van der Waals surface area contributed by atoms with E-state index in [4.69, 9.17) is 0 Å². The molecule has 0 bridgehead atoms. The van der Waals surface area contributed by atoms with Crippen molar-refractivity contribution in [2.24, 2.45) is 0 Å². The fourth-order valence-electron chi connectivity index (χ4n) is 2.87. The van der Waals surface area contributed by atoms with Crippen LogP contribution in [0.2, 0.25) is 0 Å². The number of hydrogen-bond donors (Lipinski definition) is 0. The summed E-state index contributed by atoms with van der Waals surface area (Å²) in [5.41, 5.74) is 1.10. The third-order valence-electron chi connectivity index (χ3n) is 5.05. The molecular formula is C35H25NaO10Th. The molecule has 0 fully saturated rings. The van der Waals surface area contributed by atoms with Crippen molar-refractivity contribution < 1.29 is 119 Å². The monoisotopic (exact) mass is 860 g/mol. The Hall–Kier alpha value is -4.23. The first-order chi connectivity index (χ1) is 21.5. The van der Waals surface area contributed by atoms with Gasteiger partial charge in [0.1, 0.15) is 0 Å². The molecule has 0 aliphatic carbocycles. The fraction of sp³-hybridized carbons (Fsp3) is 0. The van der Waals surface area contributed by atoms with E-state index >= 15 is 0 Å². The average Bonchev–Trinajstić information content (AvgIpc) is 3.08. The summed E-state index contributed by atoms with van der Waals surface area (Å²) in [4.78, 5) is 50.4. The summed E-state index contributed by atoms with van der Waals surface area (Å²) in [6.07, 6.45) is 0. The fourth-order valence-corrected chi connectivity index (χ4v) is 2.87. The van der Waals surface area contributed by atoms with E-state index in [-0.39, 0.29) is 97.3 Å². The van der Waals surface area contributed by atoms with Gasteiger partial charge in [0.05, 0.1) is 29.8 Å². The second kappa shape index (κ2) is 26.9. The van der Waals surface area contributed by atoms with E-state index in [0.717, 1.165) is 0 Å². The Bertz CT molecular complexity index is 1320. The number of carboxylic acids is 5. The number of carbonyl (C=O) groups excluding carboxylic acids is 5. The Morgan fingerprint density at radius 3 is 0.447 bits per heavy atom. The van der Waals surface area contributed by atoms with E-state index in [9.17, 15) is 49.5 Å². The maximum Gasteiger partial charge on any atom is 4.00 e. The van der Waals surface area contributed by atoms with Gasteiger partial charge >= 0.3 is 69.5 Å². The zero-order valence-electron chi connectivity index (χ0n) is 25.0. The number of hydrogen-bond acceptors (Lipinski definition) is 10. The minimum Gasteiger partial charge on any atom is -0.545 e. The molecule has 0 spiro atoms. The predicted octanol–water partition coefficient (Wildman–Crippen LogP) is -2.75. The van der Waals surface area contributed by atoms with Crippen molar-refractivity contribution in [1.82, 2.24) is 0 Å². The summed E-state index contributed by atoms with van der Waals surface area (Å²) >= 11 is 0. The Balaban J connectivity index is 0. The molecule has 5 aromatic carbocycles. The Labute approximate surface area is 325 Å². The zero-order valence-corrected chi connectivity index (χ0v) is 31.1. The van der Waals surface area contributed by atoms with E-state index in [2.05, 4.69) is 0 Å². The molecule has 0 N–H and O–H groups in total. The first-order valence-corrected chi connectivity index (χ1v) is 12.8. The van der Waals surface area contributed by atoms with Gasteiger partial charge in [-0.25, -0.2) is 0 Å². The van der Waals surface area contributed by atoms with E-state index < -0.39 is 29.8 Å². The van der Waals surface area contributed by atoms with Crippen LogP contribution in [0, 0.1) is 39.9 Å². The number of aromatic carboxylic acids is 5. The molecule has 0 unspecified atom stereocenters. The van der Waals surface area contributed by atoms with Gasteiger partial charge < -0.3 is 49.5 Å². The van der Waals surface area contributed by atoms with Crippen molar-refractivity contribution in [1.29, 1.82) is 0 Å². The molecule has 230 valence electrons. The number of benzene rings is 5. The van der Waals surface area contributed by atoms with Crippen LogP contribution in [-0.2, 0) is 0 Å². The number of rotatable bonds is 5. The molecule has 10 nitrogen and oxygen atoms in total. The summed E-state index contributed by atoms with van der Waals surface area (Å²) in [6.45, 7) is 0. The Kier molecular flexibility index (Phi) is 25.7. The number of carbonyl (C=O) groups is 5. The van der Waals surface area contributed by atoms with Crippen LogP contribution in [0.4, 0.5) is 0 Å². The van der Waals surface area contributed by atoms with Gasteiger partial charge in [0.2, 0.25) is 0 Å². The molecule has 0 heterocycles. The largest absolute Gasteiger partial charge is 4.00 e. The molecule has 47 heavy (non-hydrogen) atoms. The van der Waals surface area contributed by atoms with Crippen molar-refractivity contribution in [2.75, 3.05) is 0 Å². The van der Waals surface area contributed by atoms with Gasteiger partial charge in [-0.3, -0.25) is 0 Å². The predicted molar refractivity (Wildman–Crippen MR) is 154 cm³/mol. The Morgan fingerprint density at radius 1 is 0.277 bits per heavy atom. The van der Waals surface area contributed by atoms with Crippen LogP contribution in [0.15, 0.2) is 152 Å². The maximum absolute atomic E-state index is 10.1. The summed E-state index contributed by atoms with van der Waals surface area (Å²) in [6, 6.07) is 40.3. The van der Waals surface area contributed by atoms with Gasteiger partial charge in [0.25, 0.3) is 0 Å². The molecule has 0 saturated heterocycles. The van der Waals surface area contributed by atoms with Gasteiger partial charge in [-0.05, 0) is 27.8 Å². The van der Waals surface area contributed by atoms with E-state index in [1.807, 2.05) is 0 Å². The topological polar surface area (TPSA) is 201 Å². The molecule has 0 aromatic heterocycles. The summed E-state index contributed by atoms with van der Waals surface area (Å²) in [5, 5.41) is 50.4. The molecule has 0 radical (unpaired) electrons. The molecular weight excluding hydrogens is 835 g/mol. The molecule has 0 atom stereocenters. The van der Waals surface area contributed by atoms with Crippen LogP contribution < -0.4 is 55.1 Å². The molecule has 0 aliphatic heterocycles. The van der Waals surface area contributed by atoms with Crippen molar-refractivity contribution >= 4 is 29.8 Å². The molecule has 0 saturated carbocycles. The standard InChI is InChI=1S/5C7H6O2.Na.Th/c5*8-7(9)6-4-2-1-3-5-6;;/h5*1-5H,(H,8,9);;/q;;;;;+1;+4/p-5. The molecule has 0 amide bonds. The number of carboxylic acid groups (broad SMARTS) is 5. The Morgan fingerprint density at radius 2 is 0.383 bits per heavy atom. The quantitative estimate of drug-likeness (QED) is 0.167. The summed E-state index contributed by atoms with van der Waals surface area (Å²) in [5.74, 6) is -5.65. The molecule has 5 aromatic rings. The first-order valence-electron chi connectivity index (χ1n) is 12.8. The van der Waals surface area contributed by atoms with Crippen molar-refractivity contribution in [2.45, 2.75) is 0 Å². The van der Waals surface area contributed by atoms with E-state index in [0.29, 0.717) is 0 Å². The van der Waals surface area contributed by atoms with E-state index in [1.165, 1.54) is 60.7 Å². The van der Waals surface area contributed by atoms with Crippen LogP contribution in [0.3, 0.4) is 0 Å². The van der Waals surface area contributed by atoms with E-state index in [1.54, 1.807) is 91.0 Å². The first kappa shape index (κ1) is 44.9. The van der Waals surface area contributed by atoms with Crippen LogP contribution in [-0.4, -0.2) is 29.8 Å². The third-order valence-corrected chi connectivity index (χ3v) is 5.05. The molecule has 0 aliphatic rings. The SMILES string of the molecule is O=C([O-])c1ccccc1.O=C([O-])c1ccccc1.O=C([O-])c1ccccc1.O=C([O-])c1ccccc1.O=C([O-])c1ccccc1.[Na+].[Th+4]. The minimum atomic E-state index is -1.13. The third kappa shape index (κ3) is 21.2. The second-order valence-corrected chi connectivity index (χ2v) is 8.27.